The molecule has 0 amide bonds. The highest BCUT2D eigenvalue weighted by molar-refractivity contribution is 9.10. The van der Waals surface area contributed by atoms with Crippen molar-refractivity contribution in [3.63, 3.8) is 0 Å². The number of hydrogen-bond donors (Lipinski definition) is 0. The lowest BCUT2D eigenvalue weighted by Crippen LogP contribution is -2.27. The minimum atomic E-state index is 0.0684. The van der Waals surface area contributed by atoms with Crippen LogP contribution in [0, 0.1) is 0 Å². The number of carbonyl (C=O) groups excluding carboxylic acids is 1. The van der Waals surface area contributed by atoms with E-state index in [0.717, 1.165) is 42.5 Å². The summed E-state index contributed by atoms with van der Waals surface area (Å²) in [5.74, 6) is 2.20. The maximum Gasteiger partial charge on any atom is 0.201 e. The summed E-state index contributed by atoms with van der Waals surface area (Å²) in [7, 11) is 0. The number of allylic oxidation sites excluding steroid dienone is 1. The summed E-state index contributed by atoms with van der Waals surface area (Å²) in [6.45, 7) is 5.89. The van der Waals surface area contributed by atoms with Crippen molar-refractivity contribution in [3.05, 3.63) is 43.4 Å². The summed E-state index contributed by atoms with van der Waals surface area (Å²) in [6, 6.07) is 7.55. The second kappa shape index (κ2) is 10.3. The topological polar surface area (TPSA) is 20.3 Å². The predicted octanol–water partition coefficient (Wildman–Crippen LogP) is 6.03. The van der Waals surface area contributed by atoms with Gasteiger partial charge in [0, 0.05) is 23.1 Å². The molecular weight excluding hydrogens is 442 g/mol. The molecule has 0 atom stereocenters. The Bertz CT molecular complexity index is 618. The first-order valence-corrected chi connectivity index (χ1v) is 11.8. The molecule has 0 radical (unpaired) electrons. The molecule has 0 aromatic heterocycles. The van der Waals surface area contributed by atoms with Crippen LogP contribution in [0.3, 0.4) is 0 Å². The highest BCUT2D eigenvalue weighted by Gasteiger charge is 2.23. The Labute approximate surface area is 170 Å². The zero-order valence-corrected chi connectivity index (χ0v) is 18.6. The lowest BCUT2D eigenvalue weighted by molar-refractivity contribution is 0.104. The van der Waals surface area contributed by atoms with E-state index in [1.54, 1.807) is 23.5 Å². The first-order valence-electron chi connectivity index (χ1n) is 7.83. The standard InChI is InChI=1S/C17H20BrNOS4/c1-3-19(4-2)17(21)24-15(16-22-10-5-11-23-16)14(20)12-6-8-13(18)9-7-12/h6-9H,3-5,10-11H2,1-2H3. The summed E-state index contributed by atoms with van der Waals surface area (Å²) >= 11 is 14.0. The molecule has 0 aliphatic carbocycles. The summed E-state index contributed by atoms with van der Waals surface area (Å²) < 4.78 is 2.87. The normalized spacial score (nSPS) is 14.4. The van der Waals surface area contributed by atoms with E-state index in [0.29, 0.717) is 5.56 Å². The van der Waals surface area contributed by atoms with Crippen molar-refractivity contribution in [1.29, 1.82) is 0 Å². The molecule has 24 heavy (non-hydrogen) atoms. The second-order valence-corrected chi connectivity index (χ2v) is 10.1. The summed E-state index contributed by atoms with van der Waals surface area (Å²) in [6.07, 6.45) is 1.18. The zero-order chi connectivity index (χ0) is 17.5. The molecule has 1 aromatic rings. The number of hydrogen-bond acceptors (Lipinski definition) is 5. The largest absolute Gasteiger partial charge is 0.358 e. The minimum absolute atomic E-state index is 0.0684. The van der Waals surface area contributed by atoms with E-state index in [1.807, 2.05) is 24.3 Å². The number of nitrogens with zero attached hydrogens (tertiary/aromatic N) is 1. The monoisotopic (exact) mass is 461 g/mol. The van der Waals surface area contributed by atoms with E-state index in [4.69, 9.17) is 12.2 Å². The van der Waals surface area contributed by atoms with E-state index >= 15 is 0 Å². The van der Waals surface area contributed by atoms with Gasteiger partial charge in [-0.25, -0.2) is 0 Å². The molecule has 2 nitrogen and oxygen atoms in total. The van der Waals surface area contributed by atoms with E-state index in [-0.39, 0.29) is 5.78 Å². The molecule has 1 saturated heterocycles. The molecule has 1 aromatic carbocycles. The van der Waals surface area contributed by atoms with Crippen molar-refractivity contribution >= 4 is 73.5 Å². The Kier molecular flexibility index (Phi) is 8.71. The number of Topliss-reactive ketones (excluding diaryl/α,β-unsaturated/α-hetero) is 1. The molecule has 1 aliphatic rings. The second-order valence-electron chi connectivity index (χ2n) is 5.04. The fraction of sp³-hybridized carbons (Fsp3) is 0.412. The number of thiocarbonyl (C=S) groups is 1. The molecule has 0 bridgehead atoms. The first-order chi connectivity index (χ1) is 11.6. The van der Waals surface area contributed by atoms with Gasteiger partial charge in [0.15, 0.2) is 0 Å². The van der Waals surface area contributed by atoms with Gasteiger partial charge in [0.05, 0.1) is 9.14 Å². The van der Waals surface area contributed by atoms with Crippen LogP contribution in [0.4, 0.5) is 0 Å². The molecule has 0 unspecified atom stereocenters. The van der Waals surface area contributed by atoms with Gasteiger partial charge in [-0.3, -0.25) is 4.79 Å². The van der Waals surface area contributed by atoms with Crippen molar-refractivity contribution in [2.45, 2.75) is 20.3 Å². The lowest BCUT2D eigenvalue weighted by Gasteiger charge is -2.23. The van der Waals surface area contributed by atoms with Gasteiger partial charge in [0.2, 0.25) is 5.78 Å². The molecule has 0 spiro atoms. The Balaban J connectivity index is 2.31. The third-order valence-electron chi connectivity index (χ3n) is 3.46. The minimum Gasteiger partial charge on any atom is -0.358 e. The van der Waals surface area contributed by atoms with Gasteiger partial charge in [0.1, 0.15) is 4.32 Å². The molecule has 1 aliphatic heterocycles. The average molecular weight is 463 g/mol. The van der Waals surface area contributed by atoms with Crippen LogP contribution >= 0.6 is 63.4 Å². The quantitative estimate of drug-likeness (QED) is 0.300. The van der Waals surface area contributed by atoms with Crippen molar-refractivity contribution in [1.82, 2.24) is 4.90 Å². The Hall–Kier alpha value is 0.0500. The highest BCUT2D eigenvalue weighted by atomic mass is 79.9. The van der Waals surface area contributed by atoms with Crippen LogP contribution in [-0.4, -0.2) is 39.6 Å². The Morgan fingerprint density at radius 3 is 2.33 bits per heavy atom. The van der Waals surface area contributed by atoms with Gasteiger partial charge < -0.3 is 4.90 Å². The number of carbonyl (C=O) groups is 1. The first kappa shape index (κ1) is 20.4. The maximum absolute atomic E-state index is 13.1. The van der Waals surface area contributed by atoms with Crippen molar-refractivity contribution in [3.8, 4) is 0 Å². The molecule has 2 rings (SSSR count). The molecule has 130 valence electrons. The lowest BCUT2D eigenvalue weighted by atomic mass is 10.1. The van der Waals surface area contributed by atoms with Crippen LogP contribution in [0.15, 0.2) is 37.9 Å². The van der Waals surface area contributed by atoms with Crippen LogP contribution < -0.4 is 0 Å². The van der Waals surface area contributed by atoms with Crippen LogP contribution in [0.5, 0.6) is 0 Å². The van der Waals surface area contributed by atoms with Crippen LogP contribution in [0.2, 0.25) is 0 Å². The zero-order valence-electron chi connectivity index (χ0n) is 13.7. The molecule has 7 heteroatoms. The molecule has 1 heterocycles. The average Bonchev–Trinajstić information content (AvgIpc) is 2.61. The Morgan fingerprint density at radius 2 is 1.79 bits per heavy atom. The molecule has 0 saturated carbocycles. The Morgan fingerprint density at radius 1 is 1.21 bits per heavy atom. The van der Waals surface area contributed by atoms with Crippen molar-refractivity contribution < 1.29 is 4.79 Å². The smallest absolute Gasteiger partial charge is 0.201 e. The number of rotatable bonds is 5. The van der Waals surface area contributed by atoms with Crippen molar-refractivity contribution in [2.75, 3.05) is 24.6 Å². The summed E-state index contributed by atoms with van der Waals surface area (Å²) in [5.41, 5.74) is 0.710. The van der Waals surface area contributed by atoms with Gasteiger partial charge in [-0.05, 0) is 56.0 Å². The summed E-state index contributed by atoms with van der Waals surface area (Å²) in [4.78, 5) is 16.0. The molecule has 0 N–H and O–H groups in total. The fourth-order valence-electron chi connectivity index (χ4n) is 2.11. The maximum atomic E-state index is 13.1. The number of ketones is 1. The number of thioether (sulfide) groups is 3. The SMILES string of the molecule is CCN(CC)C(=S)SC(C(=O)c1ccc(Br)cc1)=C1SCCCS1. The predicted molar refractivity (Wildman–Crippen MR) is 118 cm³/mol. The number of halogens is 1. The van der Waals surface area contributed by atoms with Gasteiger partial charge >= 0.3 is 0 Å². The van der Waals surface area contributed by atoms with Gasteiger partial charge in [-0.15, -0.1) is 23.5 Å². The number of benzene rings is 1. The van der Waals surface area contributed by atoms with E-state index in [9.17, 15) is 4.79 Å². The van der Waals surface area contributed by atoms with E-state index in [1.165, 1.54) is 18.2 Å². The van der Waals surface area contributed by atoms with Gasteiger partial charge in [-0.1, -0.05) is 39.9 Å². The summed E-state index contributed by atoms with van der Waals surface area (Å²) in [5, 5.41) is 0. The third kappa shape index (κ3) is 5.53. The van der Waals surface area contributed by atoms with Crippen LogP contribution in [0.1, 0.15) is 30.6 Å². The van der Waals surface area contributed by atoms with Gasteiger partial charge in [0.25, 0.3) is 0 Å². The van der Waals surface area contributed by atoms with Gasteiger partial charge in [-0.2, -0.15) is 0 Å². The van der Waals surface area contributed by atoms with E-state index in [2.05, 4.69) is 34.7 Å². The highest BCUT2D eigenvalue weighted by Crippen LogP contribution is 2.42. The van der Waals surface area contributed by atoms with E-state index < -0.39 is 0 Å². The van der Waals surface area contributed by atoms with Crippen molar-refractivity contribution in [2.24, 2.45) is 0 Å². The van der Waals surface area contributed by atoms with Crippen LogP contribution in [-0.2, 0) is 0 Å². The fourth-order valence-corrected chi connectivity index (χ4v) is 6.75. The molecular formula is C17H20BrNOS4. The van der Waals surface area contributed by atoms with Crippen LogP contribution in [0.25, 0.3) is 0 Å². The third-order valence-corrected chi connectivity index (χ3v) is 8.41. The molecule has 1 fully saturated rings.